The van der Waals surface area contributed by atoms with Gasteiger partial charge in [0.1, 0.15) is 0 Å². The number of anilines is 3. The molecule has 0 heterocycles. The van der Waals surface area contributed by atoms with E-state index in [1.54, 1.807) is 0 Å². The SMILES string of the molecule is CC1(C)c2ccccc2-c2c(-c3cc4c(cc3N(c3ccc5c(ccc6ccccc65)c3)c3ccc5c6ccccc6c6ccccc6c5c3)C3(c5ccccc5-c5ccccc53)c3ccccc3-4)cccc21. The van der Waals surface area contributed by atoms with Gasteiger partial charge in [0, 0.05) is 22.4 Å². The first-order chi connectivity index (χ1) is 36.0. The highest BCUT2D eigenvalue weighted by atomic mass is 15.1. The third-order valence-corrected chi connectivity index (χ3v) is 17.2. The number of benzene rings is 13. The molecule has 3 aliphatic rings. The van der Waals surface area contributed by atoms with Crippen molar-refractivity contribution in [1.82, 2.24) is 0 Å². The van der Waals surface area contributed by atoms with E-state index >= 15 is 0 Å². The van der Waals surface area contributed by atoms with Crippen molar-refractivity contribution in [2.75, 3.05) is 4.90 Å². The van der Waals surface area contributed by atoms with Gasteiger partial charge < -0.3 is 4.90 Å². The van der Waals surface area contributed by atoms with E-state index in [0.717, 1.165) is 17.1 Å². The summed E-state index contributed by atoms with van der Waals surface area (Å²) in [6.07, 6.45) is 0. The van der Waals surface area contributed by atoms with Gasteiger partial charge in [-0.25, -0.2) is 0 Å². The lowest BCUT2D eigenvalue weighted by Crippen LogP contribution is -2.26. The number of hydrogen-bond acceptors (Lipinski definition) is 1. The van der Waals surface area contributed by atoms with Gasteiger partial charge in [-0.1, -0.05) is 226 Å². The molecule has 0 fully saturated rings. The van der Waals surface area contributed by atoms with Gasteiger partial charge in [0.2, 0.25) is 0 Å². The summed E-state index contributed by atoms with van der Waals surface area (Å²) in [6.45, 7) is 4.79. The van der Waals surface area contributed by atoms with Crippen molar-refractivity contribution >= 4 is 70.9 Å². The van der Waals surface area contributed by atoms with E-state index in [9.17, 15) is 0 Å². The van der Waals surface area contributed by atoms with E-state index in [0.29, 0.717) is 0 Å². The smallest absolute Gasteiger partial charge is 0.0726 e. The van der Waals surface area contributed by atoms with Crippen LogP contribution in [0.25, 0.3) is 98.4 Å². The minimum absolute atomic E-state index is 0.171. The Balaban J connectivity index is 1.07. The first kappa shape index (κ1) is 40.7. The highest BCUT2D eigenvalue weighted by molar-refractivity contribution is 6.26. The molecular weight excluding hydrogens is 879 g/mol. The molecule has 0 unspecified atom stereocenters. The molecule has 13 aromatic rings. The van der Waals surface area contributed by atoms with Gasteiger partial charge in [-0.05, 0) is 163 Å². The van der Waals surface area contributed by atoms with E-state index in [4.69, 9.17) is 0 Å². The zero-order chi connectivity index (χ0) is 48.2. The summed E-state index contributed by atoms with van der Waals surface area (Å²) in [4.78, 5) is 2.60. The summed E-state index contributed by atoms with van der Waals surface area (Å²) in [5.74, 6) is 0. The van der Waals surface area contributed by atoms with Crippen molar-refractivity contribution in [3.63, 3.8) is 0 Å². The van der Waals surface area contributed by atoms with Crippen molar-refractivity contribution in [3.8, 4) is 44.5 Å². The number of hydrogen-bond donors (Lipinski definition) is 0. The summed E-state index contributed by atoms with van der Waals surface area (Å²) >= 11 is 0. The van der Waals surface area contributed by atoms with Crippen LogP contribution in [0.1, 0.15) is 47.2 Å². The molecule has 0 saturated heterocycles. The largest absolute Gasteiger partial charge is 0.310 e. The maximum atomic E-state index is 2.61. The van der Waals surface area contributed by atoms with Crippen LogP contribution >= 0.6 is 0 Å². The first-order valence-corrected chi connectivity index (χ1v) is 25.7. The maximum absolute atomic E-state index is 2.61. The van der Waals surface area contributed by atoms with Gasteiger partial charge in [-0.15, -0.1) is 0 Å². The van der Waals surface area contributed by atoms with E-state index < -0.39 is 5.41 Å². The average molecular weight is 926 g/mol. The molecule has 1 heteroatoms. The molecule has 0 atom stereocenters. The zero-order valence-corrected chi connectivity index (χ0v) is 40.6. The molecule has 1 spiro atoms. The molecule has 340 valence electrons. The lowest BCUT2D eigenvalue weighted by molar-refractivity contribution is 0.660. The van der Waals surface area contributed by atoms with Gasteiger partial charge in [-0.3, -0.25) is 0 Å². The Morgan fingerprint density at radius 2 is 0.712 bits per heavy atom. The lowest BCUT2D eigenvalue weighted by atomic mass is 9.70. The fraction of sp³-hybridized carbons (Fsp3) is 0.0556. The third-order valence-electron chi connectivity index (χ3n) is 17.2. The highest BCUT2D eigenvalue weighted by Crippen LogP contribution is 2.65. The quantitative estimate of drug-likeness (QED) is 0.159. The van der Waals surface area contributed by atoms with E-state index in [1.807, 2.05) is 0 Å². The van der Waals surface area contributed by atoms with Gasteiger partial charge in [0.25, 0.3) is 0 Å². The van der Waals surface area contributed by atoms with Crippen LogP contribution < -0.4 is 4.90 Å². The van der Waals surface area contributed by atoms with Crippen LogP contribution in [0.4, 0.5) is 17.1 Å². The molecule has 0 N–H and O–H groups in total. The van der Waals surface area contributed by atoms with Crippen molar-refractivity contribution in [1.29, 1.82) is 0 Å². The third kappa shape index (κ3) is 5.36. The Labute approximate surface area is 424 Å². The predicted octanol–water partition coefficient (Wildman–Crippen LogP) is 19.2. The minimum atomic E-state index is -0.536. The molecule has 16 rings (SSSR count). The van der Waals surface area contributed by atoms with Gasteiger partial charge >= 0.3 is 0 Å². The van der Waals surface area contributed by atoms with Crippen molar-refractivity contribution in [2.45, 2.75) is 24.7 Å². The fourth-order valence-corrected chi connectivity index (χ4v) is 14.1. The van der Waals surface area contributed by atoms with Gasteiger partial charge in [-0.2, -0.15) is 0 Å². The Morgan fingerprint density at radius 1 is 0.260 bits per heavy atom. The van der Waals surface area contributed by atoms with Crippen molar-refractivity contribution < 1.29 is 0 Å². The molecule has 3 aliphatic carbocycles. The molecule has 13 aromatic carbocycles. The first-order valence-electron chi connectivity index (χ1n) is 25.7. The summed E-state index contributed by atoms with van der Waals surface area (Å²) < 4.78 is 0. The van der Waals surface area contributed by atoms with E-state index in [1.165, 1.54) is 132 Å². The Hall–Kier alpha value is -9.04. The van der Waals surface area contributed by atoms with E-state index in [2.05, 4.69) is 267 Å². The van der Waals surface area contributed by atoms with Crippen LogP contribution in [0.2, 0.25) is 0 Å². The Bertz CT molecular complexity index is 4470. The molecule has 0 aromatic heterocycles. The summed E-state index contributed by atoms with van der Waals surface area (Å²) in [7, 11) is 0. The maximum Gasteiger partial charge on any atom is 0.0726 e. The van der Waals surface area contributed by atoms with E-state index in [-0.39, 0.29) is 5.41 Å². The summed E-state index contributed by atoms with van der Waals surface area (Å²) in [5.41, 5.74) is 21.0. The number of fused-ring (bicyclic) bond motifs is 22. The Morgan fingerprint density at radius 3 is 1.37 bits per heavy atom. The molecule has 73 heavy (non-hydrogen) atoms. The van der Waals surface area contributed by atoms with Crippen LogP contribution in [0, 0.1) is 0 Å². The second-order valence-electron chi connectivity index (χ2n) is 21.0. The number of rotatable bonds is 4. The zero-order valence-electron chi connectivity index (χ0n) is 40.6. The van der Waals surface area contributed by atoms with Gasteiger partial charge in [0.15, 0.2) is 0 Å². The summed E-state index contributed by atoms with van der Waals surface area (Å²) in [5, 5.41) is 12.5. The van der Waals surface area contributed by atoms with Crippen molar-refractivity contribution in [3.05, 3.63) is 282 Å². The van der Waals surface area contributed by atoms with Crippen LogP contribution in [0.15, 0.2) is 249 Å². The molecular formula is C72H47N. The highest BCUT2D eigenvalue weighted by Gasteiger charge is 2.52. The molecule has 0 saturated carbocycles. The normalized spacial score (nSPS) is 14.1. The van der Waals surface area contributed by atoms with Gasteiger partial charge in [0.05, 0.1) is 11.1 Å². The molecule has 0 aliphatic heterocycles. The monoisotopic (exact) mass is 925 g/mol. The number of nitrogens with zero attached hydrogens (tertiary/aromatic N) is 1. The summed E-state index contributed by atoms with van der Waals surface area (Å²) in [6, 6.07) is 94.6. The molecule has 0 amide bonds. The van der Waals surface area contributed by atoms with Crippen LogP contribution in [0.5, 0.6) is 0 Å². The topological polar surface area (TPSA) is 3.24 Å². The minimum Gasteiger partial charge on any atom is -0.310 e. The lowest BCUT2D eigenvalue weighted by Gasteiger charge is -2.34. The standard InChI is InChI=1S/C72H47N/c1-71(2)63-29-13-12-27-59(63)70-58(28-17-33-67(70)71)62-42-61-57-26-11-16-32-66(57)72(64-30-14-9-24-55(64)56-25-10-15-31-65(56)72)68(61)43-69(62)73(46-36-38-49-45(40-46)35-34-44-18-3-4-19-48(44)49)47-37-39-54-52-22-6-5-20-50(52)51-21-7-8-23-53(51)60(54)41-47/h3-43H,1-2H3. The van der Waals surface area contributed by atoms with Crippen LogP contribution in [-0.2, 0) is 10.8 Å². The molecule has 0 radical (unpaired) electrons. The Kier molecular flexibility index (Phi) is 8.22. The second kappa shape index (κ2) is 14.8. The van der Waals surface area contributed by atoms with Crippen molar-refractivity contribution in [2.24, 2.45) is 0 Å². The fourth-order valence-electron chi connectivity index (χ4n) is 14.1. The second-order valence-corrected chi connectivity index (χ2v) is 21.0. The predicted molar refractivity (Wildman–Crippen MR) is 308 cm³/mol. The molecule has 1 nitrogen and oxygen atoms in total. The molecule has 0 bridgehead atoms. The average Bonchev–Trinajstić information content (AvgIpc) is 4.01. The van der Waals surface area contributed by atoms with Crippen LogP contribution in [0.3, 0.4) is 0 Å². The van der Waals surface area contributed by atoms with Crippen LogP contribution in [-0.4, -0.2) is 0 Å².